The molecule has 0 bridgehead atoms. The lowest BCUT2D eigenvalue weighted by atomic mass is 10.1. The largest absolute Gasteiger partial charge is 0.466 e. The number of benzene rings is 2. The molecule has 6 heteroatoms. The Bertz CT molecular complexity index is 819. The number of carbonyl (C=O) groups excluding carboxylic acids is 3. The first kappa shape index (κ1) is 22.1. The van der Waals surface area contributed by atoms with E-state index in [9.17, 15) is 14.4 Å². The second kappa shape index (κ2) is 11.6. The van der Waals surface area contributed by atoms with Gasteiger partial charge in [-0.3, -0.25) is 14.4 Å². The fraction of sp³-hybridized carbons (Fsp3) is 0.348. The van der Waals surface area contributed by atoms with Crippen molar-refractivity contribution in [3.63, 3.8) is 0 Å². The Morgan fingerprint density at radius 3 is 2.41 bits per heavy atom. The number of nitrogens with one attached hydrogen (secondary N) is 1. The molecule has 0 atom stereocenters. The number of rotatable bonds is 10. The molecule has 0 radical (unpaired) electrons. The number of hydrogen-bond acceptors (Lipinski definition) is 4. The van der Waals surface area contributed by atoms with Crippen LogP contribution in [0.25, 0.3) is 0 Å². The molecule has 154 valence electrons. The molecule has 0 aliphatic rings. The van der Waals surface area contributed by atoms with Crippen LogP contribution in [-0.2, 0) is 20.7 Å². The topological polar surface area (TPSA) is 75.7 Å². The van der Waals surface area contributed by atoms with Crippen LogP contribution in [0, 0.1) is 0 Å². The predicted octanol–water partition coefficient (Wildman–Crippen LogP) is 3.67. The SMILES string of the molecule is CN(C)C(=O)c1cccc(NC(=O)CCCC(=O)OCCCc2ccccc2)c1. The molecule has 6 nitrogen and oxygen atoms in total. The summed E-state index contributed by atoms with van der Waals surface area (Å²) in [5.74, 6) is -0.614. The van der Waals surface area contributed by atoms with Gasteiger partial charge in [-0.25, -0.2) is 0 Å². The number of aryl methyl sites for hydroxylation is 1. The molecule has 0 heterocycles. The highest BCUT2D eigenvalue weighted by molar-refractivity contribution is 5.97. The first-order valence-corrected chi connectivity index (χ1v) is 9.77. The molecule has 2 rings (SSSR count). The Kier molecular flexibility index (Phi) is 8.89. The van der Waals surface area contributed by atoms with Gasteiger partial charge in [0, 0.05) is 38.2 Å². The maximum absolute atomic E-state index is 12.1. The van der Waals surface area contributed by atoms with Crippen molar-refractivity contribution in [1.29, 1.82) is 0 Å². The molecule has 2 aromatic carbocycles. The van der Waals surface area contributed by atoms with Gasteiger partial charge < -0.3 is 15.0 Å². The van der Waals surface area contributed by atoms with Crippen molar-refractivity contribution in [3.8, 4) is 0 Å². The lowest BCUT2D eigenvalue weighted by Gasteiger charge is -2.11. The zero-order chi connectivity index (χ0) is 21.1. The second-order valence-corrected chi connectivity index (χ2v) is 6.99. The van der Waals surface area contributed by atoms with Crippen molar-refractivity contribution in [1.82, 2.24) is 4.90 Å². The van der Waals surface area contributed by atoms with Crippen molar-refractivity contribution in [2.24, 2.45) is 0 Å². The quantitative estimate of drug-likeness (QED) is 0.491. The fourth-order valence-corrected chi connectivity index (χ4v) is 2.78. The van der Waals surface area contributed by atoms with Gasteiger partial charge in [0.25, 0.3) is 5.91 Å². The molecule has 0 fully saturated rings. The number of esters is 1. The molecule has 2 amide bonds. The van der Waals surface area contributed by atoms with E-state index >= 15 is 0 Å². The van der Waals surface area contributed by atoms with E-state index in [4.69, 9.17) is 4.74 Å². The Morgan fingerprint density at radius 1 is 0.931 bits per heavy atom. The molecule has 0 aliphatic carbocycles. The maximum Gasteiger partial charge on any atom is 0.305 e. The van der Waals surface area contributed by atoms with E-state index in [-0.39, 0.29) is 30.6 Å². The summed E-state index contributed by atoms with van der Waals surface area (Å²) in [5, 5.41) is 2.76. The van der Waals surface area contributed by atoms with Crippen LogP contribution in [0.4, 0.5) is 5.69 Å². The number of anilines is 1. The van der Waals surface area contributed by atoms with Gasteiger partial charge in [0.1, 0.15) is 0 Å². The molecule has 0 aliphatic heterocycles. The maximum atomic E-state index is 12.1. The average molecular weight is 396 g/mol. The van der Waals surface area contributed by atoms with Crippen LogP contribution in [0.5, 0.6) is 0 Å². The molecule has 0 aromatic heterocycles. The van der Waals surface area contributed by atoms with Crippen molar-refractivity contribution < 1.29 is 19.1 Å². The van der Waals surface area contributed by atoms with Crippen LogP contribution in [-0.4, -0.2) is 43.4 Å². The summed E-state index contributed by atoms with van der Waals surface area (Å²) in [4.78, 5) is 37.3. The minimum atomic E-state index is -0.288. The van der Waals surface area contributed by atoms with Gasteiger partial charge in [-0.15, -0.1) is 0 Å². The molecule has 0 unspecified atom stereocenters. The minimum absolute atomic E-state index is 0.129. The number of amides is 2. The highest BCUT2D eigenvalue weighted by Crippen LogP contribution is 2.13. The van der Waals surface area contributed by atoms with Crippen molar-refractivity contribution in [2.75, 3.05) is 26.0 Å². The fourth-order valence-electron chi connectivity index (χ4n) is 2.78. The molecular formula is C23H28N2O4. The Morgan fingerprint density at radius 2 is 1.69 bits per heavy atom. The zero-order valence-corrected chi connectivity index (χ0v) is 17.0. The molecule has 0 saturated carbocycles. The summed E-state index contributed by atoms with van der Waals surface area (Å²) in [6.07, 6.45) is 2.48. The summed E-state index contributed by atoms with van der Waals surface area (Å²) < 4.78 is 5.22. The van der Waals surface area contributed by atoms with Crippen LogP contribution < -0.4 is 5.32 Å². The van der Waals surface area contributed by atoms with E-state index in [0.717, 1.165) is 12.8 Å². The van der Waals surface area contributed by atoms with Crippen LogP contribution >= 0.6 is 0 Å². The van der Waals surface area contributed by atoms with E-state index in [0.29, 0.717) is 24.3 Å². The molecule has 0 saturated heterocycles. The van der Waals surface area contributed by atoms with Crippen molar-refractivity contribution in [3.05, 3.63) is 65.7 Å². The Labute approximate surface area is 171 Å². The van der Waals surface area contributed by atoms with Gasteiger partial charge in [0.2, 0.25) is 5.91 Å². The van der Waals surface area contributed by atoms with E-state index < -0.39 is 0 Å². The van der Waals surface area contributed by atoms with Gasteiger partial charge in [-0.2, -0.15) is 0 Å². The second-order valence-electron chi connectivity index (χ2n) is 6.99. The summed E-state index contributed by atoms with van der Waals surface area (Å²) in [6.45, 7) is 0.382. The van der Waals surface area contributed by atoms with Gasteiger partial charge >= 0.3 is 5.97 Å². The van der Waals surface area contributed by atoms with Gasteiger partial charge in [-0.05, 0) is 43.0 Å². The Balaban J connectivity index is 1.63. The van der Waals surface area contributed by atoms with Gasteiger partial charge in [-0.1, -0.05) is 36.4 Å². The summed E-state index contributed by atoms with van der Waals surface area (Å²) in [7, 11) is 3.35. The predicted molar refractivity (Wildman–Crippen MR) is 113 cm³/mol. The van der Waals surface area contributed by atoms with Crippen LogP contribution in [0.2, 0.25) is 0 Å². The van der Waals surface area contributed by atoms with Crippen molar-refractivity contribution >= 4 is 23.5 Å². The summed E-state index contributed by atoms with van der Waals surface area (Å²) in [5.41, 5.74) is 2.29. The lowest BCUT2D eigenvalue weighted by Crippen LogP contribution is -2.22. The smallest absolute Gasteiger partial charge is 0.305 e. The van der Waals surface area contributed by atoms with E-state index in [2.05, 4.69) is 5.32 Å². The molecule has 29 heavy (non-hydrogen) atoms. The highest BCUT2D eigenvalue weighted by atomic mass is 16.5. The number of ether oxygens (including phenoxy) is 1. The van der Waals surface area contributed by atoms with Crippen LogP contribution in [0.15, 0.2) is 54.6 Å². The van der Waals surface area contributed by atoms with Crippen molar-refractivity contribution in [2.45, 2.75) is 32.1 Å². The van der Waals surface area contributed by atoms with E-state index in [1.807, 2.05) is 30.3 Å². The summed E-state index contributed by atoms with van der Waals surface area (Å²) >= 11 is 0. The number of carbonyl (C=O) groups is 3. The third-order valence-electron chi connectivity index (χ3n) is 4.30. The molecule has 1 N–H and O–H groups in total. The summed E-state index contributed by atoms with van der Waals surface area (Å²) in [6, 6.07) is 16.8. The number of hydrogen-bond donors (Lipinski definition) is 1. The van der Waals surface area contributed by atoms with Crippen LogP contribution in [0.3, 0.4) is 0 Å². The lowest BCUT2D eigenvalue weighted by molar-refractivity contribution is -0.143. The third kappa shape index (κ3) is 8.17. The van der Waals surface area contributed by atoms with E-state index in [1.165, 1.54) is 10.5 Å². The molecule has 0 spiro atoms. The standard InChI is InChI=1S/C23H28N2O4/c1-25(2)23(28)19-12-6-13-20(17-19)24-21(26)14-7-15-22(27)29-16-8-11-18-9-4-3-5-10-18/h3-6,9-10,12-13,17H,7-8,11,14-16H2,1-2H3,(H,24,26). The van der Waals surface area contributed by atoms with Gasteiger partial charge in [0.15, 0.2) is 0 Å². The van der Waals surface area contributed by atoms with E-state index in [1.54, 1.807) is 38.4 Å². The van der Waals surface area contributed by atoms with Crippen LogP contribution in [0.1, 0.15) is 41.6 Å². The monoisotopic (exact) mass is 396 g/mol. The first-order chi connectivity index (χ1) is 14.0. The normalized spacial score (nSPS) is 10.3. The first-order valence-electron chi connectivity index (χ1n) is 9.77. The Hall–Kier alpha value is -3.15. The minimum Gasteiger partial charge on any atom is -0.466 e. The number of nitrogens with zero attached hydrogens (tertiary/aromatic N) is 1. The third-order valence-corrected chi connectivity index (χ3v) is 4.30. The molecular weight excluding hydrogens is 368 g/mol. The molecule has 2 aromatic rings. The zero-order valence-electron chi connectivity index (χ0n) is 17.0. The van der Waals surface area contributed by atoms with Gasteiger partial charge in [0.05, 0.1) is 6.61 Å². The average Bonchev–Trinajstić information content (AvgIpc) is 2.71. The highest BCUT2D eigenvalue weighted by Gasteiger charge is 2.10.